The van der Waals surface area contributed by atoms with Crippen LogP contribution in [0, 0.1) is 0 Å². The summed E-state index contributed by atoms with van der Waals surface area (Å²) >= 11 is 0. The molecule has 1 aliphatic heterocycles. The van der Waals surface area contributed by atoms with Crippen LogP contribution < -0.4 is 10.1 Å². The van der Waals surface area contributed by atoms with Gasteiger partial charge in [0.2, 0.25) is 5.91 Å². The van der Waals surface area contributed by atoms with Crippen molar-refractivity contribution in [1.29, 1.82) is 0 Å². The number of aryl methyl sites for hydroxylation is 2. The Labute approximate surface area is 160 Å². The highest BCUT2D eigenvalue weighted by molar-refractivity contribution is 5.76. The van der Waals surface area contributed by atoms with E-state index in [-0.39, 0.29) is 5.91 Å². The fraction of sp³-hybridized carbons (Fsp3) is 0.524. The maximum atomic E-state index is 12.3. The molecule has 2 heterocycles. The Bertz CT molecular complexity index is 770. The molecule has 0 saturated heterocycles. The van der Waals surface area contributed by atoms with E-state index >= 15 is 0 Å². The standard InChI is InChI=1S/C21H29N3O3/c1-3-12-24-19-11-13-26-15-17(19)18(23-24)9-10-21(25)22-14-16-7-5-6-8-20(16)27-4-2/h5-8H,3-4,9-15H2,1-2H3,(H,22,25). The summed E-state index contributed by atoms with van der Waals surface area (Å²) in [7, 11) is 0. The number of carbonyl (C=O) groups excluding carboxylic acids is 1. The van der Waals surface area contributed by atoms with Crippen molar-refractivity contribution < 1.29 is 14.3 Å². The number of amides is 1. The number of ether oxygens (including phenoxy) is 2. The Morgan fingerprint density at radius 1 is 1.33 bits per heavy atom. The first-order valence-corrected chi connectivity index (χ1v) is 9.85. The van der Waals surface area contributed by atoms with Gasteiger partial charge in [-0.3, -0.25) is 9.48 Å². The molecule has 2 aromatic rings. The third kappa shape index (κ3) is 4.89. The van der Waals surface area contributed by atoms with E-state index in [4.69, 9.17) is 14.6 Å². The SMILES string of the molecule is CCCn1nc(CCC(=O)NCc2ccccc2OCC)c2c1CCOC2. The van der Waals surface area contributed by atoms with Crippen molar-refractivity contribution in [3.05, 3.63) is 46.8 Å². The monoisotopic (exact) mass is 371 g/mol. The molecule has 0 bridgehead atoms. The van der Waals surface area contributed by atoms with Crippen molar-refractivity contribution >= 4 is 5.91 Å². The molecule has 1 aromatic carbocycles. The summed E-state index contributed by atoms with van der Waals surface area (Å²) in [6.45, 7) is 7.47. The highest BCUT2D eigenvalue weighted by Crippen LogP contribution is 2.22. The minimum Gasteiger partial charge on any atom is -0.494 e. The third-order valence-electron chi connectivity index (χ3n) is 4.75. The van der Waals surface area contributed by atoms with Gasteiger partial charge >= 0.3 is 0 Å². The lowest BCUT2D eigenvalue weighted by atomic mass is 10.1. The highest BCUT2D eigenvalue weighted by atomic mass is 16.5. The molecule has 0 saturated carbocycles. The molecule has 146 valence electrons. The van der Waals surface area contributed by atoms with E-state index in [1.807, 2.05) is 31.2 Å². The summed E-state index contributed by atoms with van der Waals surface area (Å²) in [5.41, 5.74) is 4.46. The predicted octanol–water partition coefficient (Wildman–Crippen LogP) is 3.01. The summed E-state index contributed by atoms with van der Waals surface area (Å²) in [6.07, 6.45) is 3.02. The molecule has 1 amide bonds. The lowest BCUT2D eigenvalue weighted by molar-refractivity contribution is -0.121. The minimum atomic E-state index is 0.0248. The molecule has 0 fully saturated rings. The number of hydrogen-bond donors (Lipinski definition) is 1. The maximum Gasteiger partial charge on any atom is 0.220 e. The van der Waals surface area contributed by atoms with Crippen molar-refractivity contribution in [2.24, 2.45) is 0 Å². The average molecular weight is 371 g/mol. The van der Waals surface area contributed by atoms with Gasteiger partial charge in [0.1, 0.15) is 5.75 Å². The van der Waals surface area contributed by atoms with E-state index in [0.29, 0.717) is 32.6 Å². The fourth-order valence-electron chi connectivity index (χ4n) is 3.44. The zero-order valence-corrected chi connectivity index (χ0v) is 16.3. The number of nitrogens with one attached hydrogen (secondary N) is 1. The van der Waals surface area contributed by atoms with Crippen LogP contribution in [0.5, 0.6) is 5.75 Å². The van der Waals surface area contributed by atoms with Gasteiger partial charge in [-0.2, -0.15) is 5.10 Å². The van der Waals surface area contributed by atoms with Crippen molar-refractivity contribution in [1.82, 2.24) is 15.1 Å². The molecule has 6 nitrogen and oxygen atoms in total. The van der Waals surface area contributed by atoms with E-state index in [1.54, 1.807) is 0 Å². The first-order chi connectivity index (χ1) is 13.2. The van der Waals surface area contributed by atoms with Crippen LogP contribution in [-0.2, 0) is 42.1 Å². The second kappa shape index (κ2) is 9.55. The Hall–Kier alpha value is -2.34. The third-order valence-corrected chi connectivity index (χ3v) is 4.75. The van der Waals surface area contributed by atoms with Gasteiger partial charge in [-0.15, -0.1) is 0 Å². The molecule has 0 radical (unpaired) electrons. The minimum absolute atomic E-state index is 0.0248. The number of aromatic nitrogens is 2. The number of nitrogens with zero attached hydrogens (tertiary/aromatic N) is 2. The van der Waals surface area contributed by atoms with Gasteiger partial charge in [0.05, 0.1) is 25.5 Å². The van der Waals surface area contributed by atoms with E-state index in [1.165, 1.54) is 11.3 Å². The summed E-state index contributed by atoms with van der Waals surface area (Å²) in [4.78, 5) is 12.3. The highest BCUT2D eigenvalue weighted by Gasteiger charge is 2.21. The number of benzene rings is 1. The van der Waals surface area contributed by atoms with Gasteiger partial charge in [-0.25, -0.2) is 0 Å². The molecule has 3 rings (SSSR count). The molecule has 1 aromatic heterocycles. The summed E-state index contributed by atoms with van der Waals surface area (Å²) < 4.78 is 13.3. The average Bonchev–Trinajstić information content (AvgIpc) is 3.04. The van der Waals surface area contributed by atoms with Crippen LogP contribution >= 0.6 is 0 Å². The molecule has 0 spiro atoms. The van der Waals surface area contributed by atoms with Gasteiger partial charge < -0.3 is 14.8 Å². The second-order valence-corrected chi connectivity index (χ2v) is 6.72. The summed E-state index contributed by atoms with van der Waals surface area (Å²) in [5.74, 6) is 0.849. The molecule has 27 heavy (non-hydrogen) atoms. The van der Waals surface area contributed by atoms with E-state index in [0.717, 1.165) is 43.0 Å². The number of para-hydroxylation sites is 1. The molecule has 1 N–H and O–H groups in total. The van der Waals surface area contributed by atoms with E-state index in [2.05, 4.69) is 16.9 Å². The van der Waals surface area contributed by atoms with Crippen LogP contribution in [0.4, 0.5) is 0 Å². The number of hydrogen-bond acceptors (Lipinski definition) is 4. The first-order valence-electron chi connectivity index (χ1n) is 9.85. The van der Waals surface area contributed by atoms with Gasteiger partial charge in [-0.05, 0) is 19.4 Å². The van der Waals surface area contributed by atoms with E-state index < -0.39 is 0 Å². The maximum absolute atomic E-state index is 12.3. The van der Waals surface area contributed by atoms with Crippen LogP contribution in [0.15, 0.2) is 24.3 Å². The van der Waals surface area contributed by atoms with Crippen LogP contribution in [0.1, 0.15) is 49.2 Å². The Kier molecular flexibility index (Phi) is 6.87. The summed E-state index contributed by atoms with van der Waals surface area (Å²) in [5, 5.41) is 7.74. The van der Waals surface area contributed by atoms with Gasteiger partial charge in [0.15, 0.2) is 0 Å². The van der Waals surface area contributed by atoms with E-state index in [9.17, 15) is 4.79 Å². The van der Waals surface area contributed by atoms with Crippen LogP contribution in [-0.4, -0.2) is 28.9 Å². The second-order valence-electron chi connectivity index (χ2n) is 6.72. The predicted molar refractivity (Wildman–Crippen MR) is 104 cm³/mol. The van der Waals surface area contributed by atoms with Gasteiger partial charge in [-0.1, -0.05) is 25.1 Å². The van der Waals surface area contributed by atoms with Crippen molar-refractivity contribution in [3.63, 3.8) is 0 Å². The summed E-state index contributed by atoms with van der Waals surface area (Å²) in [6, 6.07) is 7.80. The van der Waals surface area contributed by atoms with Crippen LogP contribution in [0.3, 0.4) is 0 Å². The van der Waals surface area contributed by atoms with Crippen molar-refractivity contribution in [3.8, 4) is 5.75 Å². The molecule has 6 heteroatoms. The zero-order chi connectivity index (χ0) is 19.1. The normalized spacial score (nSPS) is 13.3. The molecule has 0 aliphatic carbocycles. The van der Waals surface area contributed by atoms with Crippen molar-refractivity contribution in [2.75, 3.05) is 13.2 Å². The van der Waals surface area contributed by atoms with Crippen LogP contribution in [0.2, 0.25) is 0 Å². The quantitative estimate of drug-likeness (QED) is 0.736. The lowest BCUT2D eigenvalue weighted by Crippen LogP contribution is -2.23. The van der Waals surface area contributed by atoms with Gasteiger partial charge in [0.25, 0.3) is 0 Å². The number of fused-ring (bicyclic) bond motifs is 1. The molecule has 0 atom stereocenters. The first kappa shape index (κ1) is 19.4. The Balaban J connectivity index is 1.57. The lowest BCUT2D eigenvalue weighted by Gasteiger charge is -2.15. The molecule has 1 aliphatic rings. The Morgan fingerprint density at radius 2 is 2.19 bits per heavy atom. The smallest absolute Gasteiger partial charge is 0.220 e. The fourth-order valence-corrected chi connectivity index (χ4v) is 3.44. The largest absolute Gasteiger partial charge is 0.494 e. The van der Waals surface area contributed by atoms with Crippen molar-refractivity contribution in [2.45, 2.75) is 59.2 Å². The zero-order valence-electron chi connectivity index (χ0n) is 16.3. The van der Waals surface area contributed by atoms with Crippen LogP contribution in [0.25, 0.3) is 0 Å². The molecular formula is C21H29N3O3. The number of rotatable bonds is 9. The molecule has 0 unspecified atom stereocenters. The molecular weight excluding hydrogens is 342 g/mol. The Morgan fingerprint density at radius 3 is 3.00 bits per heavy atom. The topological polar surface area (TPSA) is 65.4 Å². The number of carbonyl (C=O) groups is 1. The van der Waals surface area contributed by atoms with Gasteiger partial charge in [0, 0.05) is 49.2 Å².